The van der Waals surface area contributed by atoms with Crippen LogP contribution in [-0.4, -0.2) is 17.5 Å². The zero-order chi connectivity index (χ0) is 6.97. The number of hydrogen-bond acceptors (Lipinski definition) is 2. The van der Waals surface area contributed by atoms with E-state index in [0.717, 1.165) is 12.8 Å². The fourth-order valence-corrected chi connectivity index (χ4v) is 2.12. The Hall–Kier alpha value is -0.110. The van der Waals surface area contributed by atoms with Crippen molar-refractivity contribution in [3.05, 3.63) is 0 Å². The molecule has 0 radical (unpaired) electrons. The summed E-state index contributed by atoms with van der Waals surface area (Å²) in [5.41, 5.74) is 0. The number of fused-ring (bicyclic) bond motifs is 3. The molecule has 0 aromatic heterocycles. The molecule has 3 heteroatoms. The molecule has 1 fully saturated rings. The number of alkyl halides is 1. The average molecular weight is 159 g/mol. The molecule has 0 N–H and O–H groups in total. The highest BCUT2D eigenvalue weighted by molar-refractivity contribution is 6.20. The van der Waals surface area contributed by atoms with Crippen molar-refractivity contribution in [2.45, 2.75) is 43.1 Å². The van der Waals surface area contributed by atoms with Crippen LogP contribution in [0, 0.1) is 0 Å². The highest BCUT2D eigenvalue weighted by Crippen LogP contribution is 2.30. The number of azo groups is 1. The smallest absolute Gasteiger partial charge is 0.0723 e. The highest BCUT2D eigenvalue weighted by atomic mass is 35.5. The molecule has 3 atom stereocenters. The van der Waals surface area contributed by atoms with Crippen molar-refractivity contribution in [1.82, 2.24) is 0 Å². The maximum atomic E-state index is 6.03. The van der Waals surface area contributed by atoms with E-state index in [1.54, 1.807) is 0 Å². The second-order valence-corrected chi connectivity index (χ2v) is 3.80. The molecular weight excluding hydrogens is 148 g/mol. The molecule has 1 aliphatic carbocycles. The van der Waals surface area contributed by atoms with Crippen LogP contribution in [0.25, 0.3) is 0 Å². The second kappa shape index (κ2) is 2.50. The Morgan fingerprint density at radius 2 is 1.50 bits per heavy atom. The van der Waals surface area contributed by atoms with Crippen LogP contribution >= 0.6 is 11.6 Å². The van der Waals surface area contributed by atoms with Gasteiger partial charge in [-0.15, -0.1) is 11.6 Å². The van der Waals surface area contributed by atoms with E-state index in [0.29, 0.717) is 17.5 Å². The summed E-state index contributed by atoms with van der Waals surface area (Å²) in [6, 6.07) is 0.891. The molecule has 2 nitrogen and oxygen atoms in total. The van der Waals surface area contributed by atoms with Crippen LogP contribution in [0.2, 0.25) is 0 Å². The van der Waals surface area contributed by atoms with Crippen LogP contribution in [0.5, 0.6) is 0 Å². The third kappa shape index (κ3) is 1.17. The van der Waals surface area contributed by atoms with E-state index in [1.807, 2.05) is 0 Å². The monoisotopic (exact) mass is 158 g/mol. The summed E-state index contributed by atoms with van der Waals surface area (Å²) in [7, 11) is 0. The molecule has 0 aromatic rings. The van der Waals surface area contributed by atoms with Crippen molar-refractivity contribution in [2.75, 3.05) is 0 Å². The summed E-state index contributed by atoms with van der Waals surface area (Å²) in [5.74, 6) is 0. The number of halogens is 1. The van der Waals surface area contributed by atoms with Gasteiger partial charge in [-0.1, -0.05) is 0 Å². The number of rotatable bonds is 0. The average Bonchev–Trinajstić information content (AvgIpc) is 2.17. The Morgan fingerprint density at radius 1 is 1.00 bits per heavy atom. The van der Waals surface area contributed by atoms with Crippen LogP contribution in [0.15, 0.2) is 10.2 Å². The summed E-state index contributed by atoms with van der Waals surface area (Å²) in [4.78, 5) is 0. The van der Waals surface area contributed by atoms with Gasteiger partial charge in [0.15, 0.2) is 0 Å². The minimum absolute atomic E-state index is 0.326. The van der Waals surface area contributed by atoms with Crippen LogP contribution in [0.1, 0.15) is 25.7 Å². The van der Waals surface area contributed by atoms with Crippen molar-refractivity contribution in [3.8, 4) is 0 Å². The lowest BCUT2D eigenvalue weighted by atomic mass is 10.1. The summed E-state index contributed by atoms with van der Waals surface area (Å²) >= 11 is 6.03. The van der Waals surface area contributed by atoms with Gasteiger partial charge in [-0.25, -0.2) is 0 Å². The molecule has 1 saturated carbocycles. The maximum absolute atomic E-state index is 6.03. The van der Waals surface area contributed by atoms with E-state index in [1.165, 1.54) is 12.8 Å². The Balaban J connectivity index is 2.14. The predicted molar refractivity (Wildman–Crippen MR) is 40.5 cm³/mol. The van der Waals surface area contributed by atoms with E-state index in [2.05, 4.69) is 10.2 Å². The molecule has 0 amide bonds. The minimum atomic E-state index is 0.326. The summed E-state index contributed by atoms with van der Waals surface area (Å²) in [6.07, 6.45) is 4.50. The second-order valence-electron chi connectivity index (χ2n) is 3.18. The van der Waals surface area contributed by atoms with Crippen LogP contribution < -0.4 is 0 Å². The quantitative estimate of drug-likeness (QED) is 0.484. The first-order chi connectivity index (χ1) is 4.84. The fraction of sp³-hybridized carbons (Fsp3) is 1.00. The molecule has 56 valence electrons. The Labute approximate surface area is 65.7 Å². The van der Waals surface area contributed by atoms with Gasteiger partial charge in [0.25, 0.3) is 0 Å². The lowest BCUT2D eigenvalue weighted by Gasteiger charge is -2.12. The highest BCUT2D eigenvalue weighted by Gasteiger charge is 2.27. The lowest BCUT2D eigenvalue weighted by Crippen LogP contribution is -2.09. The SMILES string of the molecule is ClC1C[C@H]2CC[C@@H](C1)N=N2. The molecule has 10 heavy (non-hydrogen) atoms. The van der Waals surface area contributed by atoms with Crippen LogP contribution in [0.3, 0.4) is 0 Å². The Bertz CT molecular complexity index is 142. The van der Waals surface area contributed by atoms with Gasteiger partial charge in [-0.05, 0) is 25.7 Å². The topological polar surface area (TPSA) is 24.7 Å². The summed E-state index contributed by atoms with van der Waals surface area (Å²) in [5, 5.41) is 8.69. The van der Waals surface area contributed by atoms with Crippen molar-refractivity contribution in [2.24, 2.45) is 10.2 Å². The van der Waals surface area contributed by atoms with E-state index in [4.69, 9.17) is 11.6 Å². The van der Waals surface area contributed by atoms with E-state index in [-0.39, 0.29) is 0 Å². The first-order valence-corrected chi connectivity index (χ1v) is 4.32. The molecule has 1 unspecified atom stereocenters. The third-order valence-corrected chi connectivity index (χ3v) is 2.64. The Morgan fingerprint density at radius 3 is 1.90 bits per heavy atom. The zero-order valence-electron chi connectivity index (χ0n) is 5.83. The Kier molecular flexibility index (Phi) is 1.65. The minimum Gasteiger partial charge on any atom is -0.190 e. The molecule has 0 saturated heterocycles. The third-order valence-electron chi connectivity index (χ3n) is 2.28. The largest absolute Gasteiger partial charge is 0.190 e. The normalized spacial score (nSPS) is 45.5. The van der Waals surface area contributed by atoms with Gasteiger partial charge in [0, 0.05) is 5.38 Å². The van der Waals surface area contributed by atoms with Gasteiger partial charge in [0.05, 0.1) is 12.1 Å². The summed E-state index contributed by atoms with van der Waals surface area (Å²) < 4.78 is 0. The van der Waals surface area contributed by atoms with Gasteiger partial charge in [0.1, 0.15) is 0 Å². The lowest BCUT2D eigenvalue weighted by molar-refractivity contribution is 0.472. The van der Waals surface area contributed by atoms with Gasteiger partial charge < -0.3 is 0 Å². The van der Waals surface area contributed by atoms with Crippen molar-refractivity contribution in [3.63, 3.8) is 0 Å². The molecule has 2 bridgehead atoms. The molecular formula is C7H11ClN2. The van der Waals surface area contributed by atoms with Gasteiger partial charge in [0.2, 0.25) is 0 Å². The first-order valence-electron chi connectivity index (χ1n) is 3.88. The molecule has 3 rings (SSSR count). The predicted octanol–water partition coefficient (Wildman–Crippen LogP) is 2.37. The molecule has 2 aliphatic heterocycles. The van der Waals surface area contributed by atoms with Crippen LogP contribution in [-0.2, 0) is 0 Å². The number of nitrogens with zero attached hydrogens (tertiary/aromatic N) is 2. The van der Waals surface area contributed by atoms with E-state index in [9.17, 15) is 0 Å². The van der Waals surface area contributed by atoms with Crippen molar-refractivity contribution < 1.29 is 0 Å². The van der Waals surface area contributed by atoms with Crippen LogP contribution in [0.4, 0.5) is 0 Å². The molecule has 0 spiro atoms. The van der Waals surface area contributed by atoms with Crippen molar-refractivity contribution >= 4 is 11.6 Å². The van der Waals surface area contributed by atoms with Gasteiger partial charge >= 0.3 is 0 Å². The summed E-state index contributed by atoms with van der Waals surface area (Å²) in [6.45, 7) is 0. The zero-order valence-corrected chi connectivity index (χ0v) is 6.59. The van der Waals surface area contributed by atoms with Crippen molar-refractivity contribution in [1.29, 1.82) is 0 Å². The van der Waals surface area contributed by atoms with Gasteiger partial charge in [-0.2, -0.15) is 10.2 Å². The standard InChI is InChI=1S/C7H11ClN2/c8-5-3-6-1-2-7(4-5)10-9-6/h5-7H,1-4H2/t5?,6-,7+. The molecule has 0 aromatic carbocycles. The first kappa shape index (κ1) is 6.59. The molecule has 3 aliphatic rings. The number of hydrogen-bond donors (Lipinski definition) is 0. The molecule has 2 heterocycles. The maximum Gasteiger partial charge on any atom is 0.0723 e. The van der Waals surface area contributed by atoms with E-state index < -0.39 is 0 Å². The fourth-order valence-electron chi connectivity index (χ4n) is 1.71. The van der Waals surface area contributed by atoms with Gasteiger partial charge in [-0.3, -0.25) is 0 Å². The van der Waals surface area contributed by atoms with E-state index >= 15 is 0 Å².